The molecule has 0 radical (unpaired) electrons. The van der Waals surface area contributed by atoms with Gasteiger partial charge in [0.25, 0.3) is 5.69 Å². The molecule has 1 heterocycles. The number of thioether (sulfide) groups is 1. The highest BCUT2D eigenvalue weighted by molar-refractivity contribution is 7.99. The van der Waals surface area contributed by atoms with Crippen molar-refractivity contribution in [1.82, 2.24) is 0 Å². The van der Waals surface area contributed by atoms with Crippen LogP contribution in [0.5, 0.6) is 0 Å². The second-order valence-electron chi connectivity index (χ2n) is 4.10. The van der Waals surface area contributed by atoms with Crippen LogP contribution in [-0.4, -0.2) is 22.5 Å². The van der Waals surface area contributed by atoms with Crippen molar-refractivity contribution < 1.29 is 4.92 Å². The van der Waals surface area contributed by atoms with Crippen LogP contribution in [0.3, 0.4) is 0 Å². The Hall–Kier alpha value is -0.650. The van der Waals surface area contributed by atoms with E-state index < -0.39 is 4.92 Å². The van der Waals surface area contributed by atoms with Crippen LogP contribution in [0.2, 0.25) is 10.0 Å². The van der Waals surface area contributed by atoms with Gasteiger partial charge in [0.05, 0.1) is 20.7 Å². The van der Waals surface area contributed by atoms with Gasteiger partial charge in [-0.25, -0.2) is 0 Å². The van der Waals surface area contributed by atoms with Crippen molar-refractivity contribution in [2.24, 2.45) is 0 Å². The molecule has 1 aliphatic heterocycles. The van der Waals surface area contributed by atoms with Gasteiger partial charge in [0.1, 0.15) is 0 Å². The number of nitro groups is 1. The van der Waals surface area contributed by atoms with E-state index in [1.54, 1.807) is 0 Å². The summed E-state index contributed by atoms with van der Waals surface area (Å²) >= 11 is 14.0. The normalized spacial score (nSPS) is 19.6. The van der Waals surface area contributed by atoms with Crippen LogP contribution in [0.4, 0.5) is 11.4 Å². The van der Waals surface area contributed by atoms with Gasteiger partial charge < -0.3 is 5.32 Å². The highest BCUT2D eigenvalue weighted by Crippen LogP contribution is 2.36. The summed E-state index contributed by atoms with van der Waals surface area (Å²) in [4.78, 5) is 10.2. The minimum atomic E-state index is -0.502. The topological polar surface area (TPSA) is 55.2 Å². The average Bonchev–Trinajstić information content (AvgIpc) is 2.34. The van der Waals surface area contributed by atoms with Crippen LogP contribution < -0.4 is 5.32 Å². The maximum atomic E-state index is 10.7. The fourth-order valence-electron chi connectivity index (χ4n) is 1.86. The zero-order valence-corrected chi connectivity index (χ0v) is 11.8. The molecule has 0 saturated carbocycles. The molecule has 1 aliphatic rings. The molecule has 0 aliphatic carbocycles. The maximum Gasteiger partial charge on any atom is 0.272 e. The van der Waals surface area contributed by atoms with Crippen LogP contribution in [0.15, 0.2) is 12.1 Å². The third-order valence-corrected chi connectivity index (χ3v) is 4.56. The summed E-state index contributed by atoms with van der Waals surface area (Å²) in [5.74, 6) is 2.18. The van der Waals surface area contributed by atoms with Crippen LogP contribution in [0.25, 0.3) is 0 Å². The highest BCUT2D eigenvalue weighted by atomic mass is 35.5. The largest absolute Gasteiger partial charge is 0.379 e. The van der Waals surface area contributed by atoms with Crippen molar-refractivity contribution in [1.29, 1.82) is 0 Å². The number of halogens is 2. The van der Waals surface area contributed by atoms with E-state index in [9.17, 15) is 10.1 Å². The van der Waals surface area contributed by atoms with Gasteiger partial charge in [0.15, 0.2) is 0 Å². The lowest BCUT2D eigenvalue weighted by Gasteiger charge is -2.24. The molecule has 1 N–H and O–H groups in total. The van der Waals surface area contributed by atoms with Crippen molar-refractivity contribution in [3.63, 3.8) is 0 Å². The number of hydrogen-bond donors (Lipinski definition) is 1. The van der Waals surface area contributed by atoms with Crippen molar-refractivity contribution in [3.05, 3.63) is 32.3 Å². The second-order valence-corrected chi connectivity index (χ2v) is 6.06. The van der Waals surface area contributed by atoms with Gasteiger partial charge in [-0.2, -0.15) is 11.8 Å². The van der Waals surface area contributed by atoms with Crippen molar-refractivity contribution in [3.8, 4) is 0 Å². The molecule has 0 amide bonds. The number of non-ortho nitro benzene ring substituents is 1. The lowest BCUT2D eigenvalue weighted by Crippen LogP contribution is -2.26. The lowest BCUT2D eigenvalue weighted by molar-refractivity contribution is -0.384. The molecular formula is C11H12Cl2N2O2S. The number of nitrogens with one attached hydrogen (secondary N) is 1. The van der Waals surface area contributed by atoms with E-state index in [4.69, 9.17) is 23.2 Å². The molecule has 0 aromatic heterocycles. The highest BCUT2D eigenvalue weighted by Gasteiger charge is 2.19. The summed E-state index contributed by atoms with van der Waals surface area (Å²) in [7, 11) is 0. The third-order valence-electron chi connectivity index (χ3n) is 2.75. The van der Waals surface area contributed by atoms with Crippen molar-refractivity contribution in [2.75, 3.05) is 16.8 Å². The fraction of sp³-hybridized carbons (Fsp3) is 0.455. The van der Waals surface area contributed by atoms with Crippen molar-refractivity contribution in [2.45, 2.75) is 18.9 Å². The minimum absolute atomic E-state index is 0.0893. The van der Waals surface area contributed by atoms with Crippen LogP contribution in [0, 0.1) is 10.1 Å². The van der Waals surface area contributed by atoms with Crippen LogP contribution >= 0.6 is 35.0 Å². The molecule has 0 spiro atoms. The Bertz CT molecular complexity index is 441. The lowest BCUT2D eigenvalue weighted by atomic mass is 10.1. The van der Waals surface area contributed by atoms with Gasteiger partial charge in [0, 0.05) is 23.9 Å². The molecule has 98 valence electrons. The Labute approximate surface area is 119 Å². The number of benzene rings is 1. The van der Waals surface area contributed by atoms with Gasteiger partial charge in [-0.3, -0.25) is 10.1 Å². The molecule has 1 fully saturated rings. The zero-order chi connectivity index (χ0) is 13.1. The standard InChI is InChI=1S/C11H12Cl2N2O2S/c12-9-4-8(15(16)17)5-10(13)11(9)14-7-2-1-3-18-6-7/h4-5,7,14H,1-3,6H2. The Morgan fingerprint density at radius 2 is 2.06 bits per heavy atom. The summed E-state index contributed by atoms with van der Waals surface area (Å²) < 4.78 is 0. The smallest absolute Gasteiger partial charge is 0.272 e. The molecule has 1 unspecified atom stereocenters. The van der Waals surface area contributed by atoms with Gasteiger partial charge in [0.2, 0.25) is 0 Å². The predicted octanol–water partition coefficient (Wildman–Crippen LogP) is 4.21. The van der Waals surface area contributed by atoms with E-state index in [1.165, 1.54) is 17.9 Å². The summed E-state index contributed by atoms with van der Waals surface area (Å²) in [6.07, 6.45) is 2.22. The molecule has 1 aromatic carbocycles. The maximum absolute atomic E-state index is 10.7. The number of rotatable bonds is 3. The number of nitrogens with zero attached hydrogens (tertiary/aromatic N) is 1. The van der Waals surface area contributed by atoms with Gasteiger partial charge >= 0.3 is 0 Å². The molecular weight excluding hydrogens is 295 g/mol. The third kappa shape index (κ3) is 3.22. The Kier molecular flexibility index (Phi) is 4.59. The molecule has 18 heavy (non-hydrogen) atoms. The first-order valence-corrected chi connectivity index (χ1v) is 7.46. The van der Waals surface area contributed by atoms with E-state index in [1.807, 2.05) is 11.8 Å². The first-order valence-electron chi connectivity index (χ1n) is 5.55. The first kappa shape index (κ1) is 13.8. The second kappa shape index (κ2) is 5.99. The molecule has 1 saturated heterocycles. The molecule has 7 heteroatoms. The number of hydrogen-bond acceptors (Lipinski definition) is 4. The Morgan fingerprint density at radius 3 is 2.56 bits per heavy atom. The monoisotopic (exact) mass is 306 g/mol. The van der Waals surface area contributed by atoms with E-state index in [0.29, 0.717) is 21.8 Å². The predicted molar refractivity (Wildman–Crippen MR) is 77.1 cm³/mol. The molecule has 4 nitrogen and oxygen atoms in total. The molecule has 1 aromatic rings. The number of nitro benzene ring substituents is 1. The summed E-state index contributed by atoms with van der Waals surface area (Å²) in [6.45, 7) is 0. The SMILES string of the molecule is O=[N+]([O-])c1cc(Cl)c(NC2CCCSC2)c(Cl)c1. The summed E-state index contributed by atoms with van der Waals surface area (Å²) in [6, 6.07) is 2.97. The van der Waals surface area contributed by atoms with E-state index in [-0.39, 0.29) is 5.69 Å². The van der Waals surface area contributed by atoms with E-state index >= 15 is 0 Å². The fourth-order valence-corrected chi connectivity index (χ4v) is 3.52. The summed E-state index contributed by atoms with van der Waals surface area (Å²) in [5, 5.41) is 14.5. The molecule has 0 bridgehead atoms. The van der Waals surface area contributed by atoms with E-state index in [0.717, 1.165) is 18.6 Å². The van der Waals surface area contributed by atoms with Crippen LogP contribution in [-0.2, 0) is 0 Å². The first-order chi connectivity index (χ1) is 8.58. The molecule has 1 atom stereocenters. The minimum Gasteiger partial charge on any atom is -0.379 e. The van der Waals surface area contributed by atoms with Gasteiger partial charge in [-0.05, 0) is 18.6 Å². The van der Waals surface area contributed by atoms with Crippen molar-refractivity contribution >= 4 is 46.3 Å². The Balaban J connectivity index is 2.19. The summed E-state index contributed by atoms with van der Waals surface area (Å²) in [5.41, 5.74) is 0.505. The quantitative estimate of drug-likeness (QED) is 0.671. The number of anilines is 1. The van der Waals surface area contributed by atoms with Gasteiger partial charge in [-0.15, -0.1) is 0 Å². The van der Waals surface area contributed by atoms with E-state index in [2.05, 4.69) is 5.32 Å². The van der Waals surface area contributed by atoms with Crippen LogP contribution in [0.1, 0.15) is 12.8 Å². The molecule has 2 rings (SSSR count). The Morgan fingerprint density at radius 1 is 1.39 bits per heavy atom. The van der Waals surface area contributed by atoms with Gasteiger partial charge in [-0.1, -0.05) is 23.2 Å². The zero-order valence-electron chi connectivity index (χ0n) is 9.49. The average molecular weight is 307 g/mol.